The summed E-state index contributed by atoms with van der Waals surface area (Å²) in [5.74, 6) is 1.92. The Morgan fingerprint density at radius 2 is 1.78 bits per heavy atom. The fourth-order valence-corrected chi connectivity index (χ4v) is 2.78. The molecule has 1 aliphatic heterocycles. The van der Waals surface area contributed by atoms with Crippen LogP contribution in [0.25, 0.3) is 6.08 Å². The van der Waals surface area contributed by atoms with Crippen LogP contribution < -0.4 is 14.2 Å². The highest BCUT2D eigenvalue weighted by Gasteiger charge is 2.23. The van der Waals surface area contributed by atoms with Crippen LogP contribution in [0.2, 0.25) is 0 Å². The van der Waals surface area contributed by atoms with Gasteiger partial charge >= 0.3 is 0 Å². The third kappa shape index (κ3) is 3.24. The van der Waals surface area contributed by atoms with Crippen molar-refractivity contribution in [2.24, 2.45) is 0 Å². The van der Waals surface area contributed by atoms with E-state index in [0.29, 0.717) is 28.4 Å². The number of ketones is 1. The zero-order chi connectivity index (χ0) is 16.4. The normalized spacial score (nSPS) is 15.1. The number of rotatable bonds is 3. The number of Topliss-reactive ketones (excluding diaryl/α,β-unsaturated/α-hetero) is 1. The van der Waals surface area contributed by atoms with E-state index in [1.54, 1.807) is 38.5 Å². The maximum Gasteiger partial charge on any atom is 0.196 e. The second-order valence-corrected chi connectivity index (χ2v) is 5.99. The Bertz CT molecular complexity index is 773. The van der Waals surface area contributed by atoms with Crippen LogP contribution in [0.15, 0.2) is 46.4 Å². The molecule has 0 spiro atoms. The SMILES string of the molecule is COc1cc(/C=C2\COc3ccc(Br)cc3C2=O)cc(OC)c1. The molecule has 1 aliphatic rings. The van der Waals surface area contributed by atoms with Gasteiger partial charge in [-0.3, -0.25) is 4.79 Å². The minimum absolute atomic E-state index is 0.0330. The van der Waals surface area contributed by atoms with E-state index in [2.05, 4.69) is 15.9 Å². The molecule has 0 saturated carbocycles. The minimum Gasteiger partial charge on any atom is -0.497 e. The van der Waals surface area contributed by atoms with E-state index in [1.165, 1.54) is 0 Å². The lowest BCUT2D eigenvalue weighted by Gasteiger charge is -2.19. The average Bonchev–Trinajstić information content (AvgIpc) is 2.57. The van der Waals surface area contributed by atoms with Crippen LogP contribution in [0.1, 0.15) is 15.9 Å². The number of carbonyl (C=O) groups excluding carboxylic acids is 1. The summed E-state index contributed by atoms with van der Waals surface area (Å²) in [6.45, 7) is 0.243. The topological polar surface area (TPSA) is 44.8 Å². The van der Waals surface area contributed by atoms with E-state index < -0.39 is 0 Å². The second-order valence-electron chi connectivity index (χ2n) is 5.07. The minimum atomic E-state index is -0.0330. The molecule has 0 atom stereocenters. The lowest BCUT2D eigenvalue weighted by atomic mass is 9.98. The number of fused-ring (bicyclic) bond motifs is 1. The third-order valence-corrected chi connectivity index (χ3v) is 4.07. The molecule has 23 heavy (non-hydrogen) atoms. The van der Waals surface area contributed by atoms with Gasteiger partial charge in [-0.05, 0) is 42.0 Å². The first-order chi connectivity index (χ1) is 11.1. The number of methoxy groups -OCH3 is 2. The van der Waals surface area contributed by atoms with Gasteiger partial charge in [0.25, 0.3) is 0 Å². The van der Waals surface area contributed by atoms with Gasteiger partial charge in [-0.25, -0.2) is 0 Å². The molecule has 0 saturated heterocycles. The first-order valence-electron chi connectivity index (χ1n) is 7.01. The number of benzene rings is 2. The van der Waals surface area contributed by atoms with Crippen LogP contribution in [-0.2, 0) is 0 Å². The molecule has 0 N–H and O–H groups in total. The summed E-state index contributed by atoms with van der Waals surface area (Å²) < 4.78 is 17.0. The summed E-state index contributed by atoms with van der Waals surface area (Å²) in [6, 6.07) is 10.9. The van der Waals surface area contributed by atoms with E-state index in [0.717, 1.165) is 10.0 Å². The lowest BCUT2D eigenvalue weighted by molar-refractivity contribution is 0.100. The van der Waals surface area contributed by atoms with Crippen molar-refractivity contribution in [3.63, 3.8) is 0 Å². The Labute approximate surface area is 142 Å². The van der Waals surface area contributed by atoms with Gasteiger partial charge in [-0.1, -0.05) is 15.9 Å². The first kappa shape index (κ1) is 15.6. The van der Waals surface area contributed by atoms with Gasteiger partial charge in [0.15, 0.2) is 5.78 Å². The first-order valence-corrected chi connectivity index (χ1v) is 7.80. The molecule has 0 aliphatic carbocycles. The third-order valence-electron chi connectivity index (χ3n) is 3.58. The quantitative estimate of drug-likeness (QED) is 0.757. The number of carbonyl (C=O) groups is 1. The molecule has 0 fully saturated rings. The highest BCUT2D eigenvalue weighted by atomic mass is 79.9. The van der Waals surface area contributed by atoms with Crippen molar-refractivity contribution in [1.29, 1.82) is 0 Å². The number of ether oxygens (including phenoxy) is 3. The van der Waals surface area contributed by atoms with Crippen molar-refractivity contribution in [2.75, 3.05) is 20.8 Å². The molecule has 2 aromatic carbocycles. The van der Waals surface area contributed by atoms with Crippen molar-refractivity contribution in [2.45, 2.75) is 0 Å². The standard InChI is InChI=1S/C18H15BrO4/c1-21-14-6-11(7-15(9-14)22-2)5-12-10-23-17-4-3-13(19)8-16(17)18(12)20/h3-9H,10H2,1-2H3/b12-5+. The predicted octanol–water partition coefficient (Wildman–Crippen LogP) is 4.13. The van der Waals surface area contributed by atoms with Crippen LogP contribution in [0.3, 0.4) is 0 Å². The monoisotopic (exact) mass is 374 g/mol. The molecule has 2 aromatic rings. The van der Waals surface area contributed by atoms with E-state index in [4.69, 9.17) is 14.2 Å². The Hall–Kier alpha value is -2.27. The molecule has 0 unspecified atom stereocenters. The van der Waals surface area contributed by atoms with E-state index >= 15 is 0 Å². The molecule has 0 aromatic heterocycles. The molecule has 0 bridgehead atoms. The van der Waals surface area contributed by atoms with E-state index in [9.17, 15) is 4.79 Å². The van der Waals surface area contributed by atoms with Crippen molar-refractivity contribution >= 4 is 27.8 Å². The Balaban J connectivity index is 1.99. The van der Waals surface area contributed by atoms with Crippen LogP contribution in [0.4, 0.5) is 0 Å². The van der Waals surface area contributed by atoms with Crippen LogP contribution in [0.5, 0.6) is 17.2 Å². The summed E-state index contributed by atoms with van der Waals surface area (Å²) in [5.41, 5.74) is 1.98. The predicted molar refractivity (Wildman–Crippen MR) is 91.5 cm³/mol. The molecule has 3 rings (SSSR count). The second kappa shape index (κ2) is 6.46. The van der Waals surface area contributed by atoms with Crippen molar-refractivity contribution in [3.05, 3.63) is 57.6 Å². The maximum atomic E-state index is 12.7. The van der Waals surface area contributed by atoms with Gasteiger partial charge < -0.3 is 14.2 Å². The number of hydrogen-bond acceptors (Lipinski definition) is 4. The smallest absolute Gasteiger partial charge is 0.196 e. The number of hydrogen-bond donors (Lipinski definition) is 0. The molecular weight excluding hydrogens is 360 g/mol. The summed E-state index contributed by atoms with van der Waals surface area (Å²) in [6.07, 6.45) is 1.80. The van der Waals surface area contributed by atoms with Crippen molar-refractivity contribution in [1.82, 2.24) is 0 Å². The Morgan fingerprint density at radius 1 is 1.09 bits per heavy atom. The van der Waals surface area contributed by atoms with Gasteiger partial charge in [0, 0.05) is 16.1 Å². The fraction of sp³-hybridized carbons (Fsp3) is 0.167. The van der Waals surface area contributed by atoms with E-state index in [1.807, 2.05) is 18.2 Å². The summed E-state index contributed by atoms with van der Waals surface area (Å²) in [5, 5.41) is 0. The van der Waals surface area contributed by atoms with Crippen LogP contribution >= 0.6 is 15.9 Å². The van der Waals surface area contributed by atoms with Crippen molar-refractivity contribution < 1.29 is 19.0 Å². The van der Waals surface area contributed by atoms with Gasteiger partial charge in [0.1, 0.15) is 23.9 Å². The van der Waals surface area contributed by atoms with Gasteiger partial charge in [0.05, 0.1) is 19.8 Å². The zero-order valence-electron chi connectivity index (χ0n) is 12.8. The molecule has 5 heteroatoms. The summed E-state index contributed by atoms with van der Waals surface area (Å²) >= 11 is 3.38. The van der Waals surface area contributed by atoms with Gasteiger partial charge in [0.2, 0.25) is 0 Å². The van der Waals surface area contributed by atoms with E-state index in [-0.39, 0.29) is 12.4 Å². The fourth-order valence-electron chi connectivity index (χ4n) is 2.42. The molecule has 4 nitrogen and oxygen atoms in total. The van der Waals surface area contributed by atoms with Crippen LogP contribution in [-0.4, -0.2) is 26.6 Å². The van der Waals surface area contributed by atoms with Gasteiger partial charge in [-0.15, -0.1) is 0 Å². The molecule has 118 valence electrons. The lowest BCUT2D eigenvalue weighted by Crippen LogP contribution is -2.19. The Kier molecular flexibility index (Phi) is 4.39. The average molecular weight is 375 g/mol. The van der Waals surface area contributed by atoms with Crippen molar-refractivity contribution in [3.8, 4) is 17.2 Å². The zero-order valence-corrected chi connectivity index (χ0v) is 14.3. The van der Waals surface area contributed by atoms with Crippen LogP contribution in [0, 0.1) is 0 Å². The number of halogens is 1. The molecule has 0 radical (unpaired) electrons. The molecule has 1 heterocycles. The highest BCUT2D eigenvalue weighted by molar-refractivity contribution is 9.10. The summed E-state index contributed by atoms with van der Waals surface area (Å²) in [7, 11) is 3.18. The maximum absolute atomic E-state index is 12.7. The highest BCUT2D eigenvalue weighted by Crippen LogP contribution is 2.31. The summed E-state index contributed by atoms with van der Waals surface area (Å²) in [4.78, 5) is 12.7. The molecular formula is C18H15BrO4. The van der Waals surface area contributed by atoms with Gasteiger partial charge in [-0.2, -0.15) is 0 Å². The molecule has 0 amide bonds. The Morgan fingerprint density at radius 3 is 2.43 bits per heavy atom. The largest absolute Gasteiger partial charge is 0.497 e.